The summed E-state index contributed by atoms with van der Waals surface area (Å²) in [4.78, 5) is 27.9. The smallest absolute Gasteiger partial charge is 0.408 e. The van der Waals surface area contributed by atoms with Gasteiger partial charge in [-0.15, -0.1) is 0 Å². The van der Waals surface area contributed by atoms with Crippen molar-refractivity contribution in [3.05, 3.63) is 54.4 Å². The predicted octanol–water partition coefficient (Wildman–Crippen LogP) is 1.73. The van der Waals surface area contributed by atoms with E-state index in [2.05, 4.69) is 10.3 Å². The Morgan fingerprint density at radius 3 is 2.55 bits per heavy atom. The maximum absolute atomic E-state index is 11.4. The summed E-state index contributed by atoms with van der Waals surface area (Å²) in [7, 11) is 0. The zero-order chi connectivity index (χ0) is 15.5. The molecule has 1 aromatic heterocycles. The van der Waals surface area contributed by atoms with E-state index in [1.807, 2.05) is 36.4 Å². The van der Waals surface area contributed by atoms with Gasteiger partial charge < -0.3 is 10.4 Å². The van der Waals surface area contributed by atoms with Gasteiger partial charge in [-0.25, -0.2) is 4.79 Å². The van der Waals surface area contributed by atoms with E-state index in [4.69, 9.17) is 0 Å². The lowest BCUT2D eigenvalue weighted by molar-refractivity contribution is -0.132. The number of nitrogens with one attached hydrogen (secondary N) is 1. The minimum absolute atomic E-state index is 0.195. The lowest BCUT2D eigenvalue weighted by Gasteiger charge is -2.34. The van der Waals surface area contributed by atoms with Gasteiger partial charge in [0, 0.05) is 25.5 Å². The second kappa shape index (κ2) is 5.85. The third kappa shape index (κ3) is 2.76. The molecule has 0 bridgehead atoms. The summed E-state index contributed by atoms with van der Waals surface area (Å²) >= 11 is 0. The van der Waals surface area contributed by atoms with Crippen LogP contribution in [-0.4, -0.2) is 39.6 Å². The molecule has 0 unspecified atom stereocenters. The minimum Gasteiger partial charge on any atom is -0.465 e. The summed E-state index contributed by atoms with van der Waals surface area (Å²) in [6, 6.07) is 10.8. The van der Waals surface area contributed by atoms with Crippen LogP contribution < -0.4 is 5.32 Å². The molecule has 1 aromatic carbocycles. The topological polar surface area (TPSA) is 82.5 Å². The molecule has 2 heterocycles. The van der Waals surface area contributed by atoms with E-state index in [9.17, 15) is 14.7 Å². The predicted molar refractivity (Wildman–Crippen MR) is 80.0 cm³/mol. The molecule has 1 atom stereocenters. The van der Waals surface area contributed by atoms with Crippen molar-refractivity contribution in [3.8, 4) is 11.1 Å². The van der Waals surface area contributed by atoms with Gasteiger partial charge in [0.2, 0.25) is 5.91 Å². The number of benzene rings is 1. The Morgan fingerprint density at radius 2 is 2.05 bits per heavy atom. The number of aromatic nitrogens is 1. The Kier molecular flexibility index (Phi) is 3.74. The van der Waals surface area contributed by atoms with Gasteiger partial charge >= 0.3 is 6.09 Å². The third-order valence-electron chi connectivity index (χ3n) is 3.70. The van der Waals surface area contributed by atoms with Crippen LogP contribution in [0.5, 0.6) is 0 Å². The molecule has 0 spiro atoms. The summed E-state index contributed by atoms with van der Waals surface area (Å²) in [5, 5.41) is 11.8. The Bertz CT molecular complexity index is 686. The Labute approximate surface area is 127 Å². The second-order valence-corrected chi connectivity index (χ2v) is 5.11. The molecule has 1 aliphatic heterocycles. The first-order chi connectivity index (χ1) is 10.6. The molecule has 3 rings (SSSR count). The molecule has 6 nitrogen and oxygen atoms in total. The van der Waals surface area contributed by atoms with E-state index >= 15 is 0 Å². The number of hydrogen-bond donors (Lipinski definition) is 2. The highest BCUT2D eigenvalue weighted by Crippen LogP contribution is 2.20. The number of amides is 2. The van der Waals surface area contributed by atoms with E-state index in [1.165, 1.54) is 0 Å². The number of pyridine rings is 1. The van der Waals surface area contributed by atoms with Crippen LogP contribution in [0.1, 0.15) is 5.56 Å². The fourth-order valence-corrected chi connectivity index (χ4v) is 2.37. The van der Waals surface area contributed by atoms with E-state index in [0.717, 1.165) is 21.6 Å². The van der Waals surface area contributed by atoms with Crippen LogP contribution in [0.2, 0.25) is 0 Å². The fraction of sp³-hybridized carbons (Fsp3) is 0.188. The first-order valence-corrected chi connectivity index (χ1v) is 6.92. The van der Waals surface area contributed by atoms with Crippen molar-refractivity contribution in [1.82, 2.24) is 15.2 Å². The average Bonchev–Trinajstić information content (AvgIpc) is 2.54. The van der Waals surface area contributed by atoms with Gasteiger partial charge in [-0.2, -0.15) is 0 Å². The van der Waals surface area contributed by atoms with Crippen molar-refractivity contribution in [2.75, 3.05) is 6.54 Å². The van der Waals surface area contributed by atoms with Crippen LogP contribution in [0.25, 0.3) is 11.1 Å². The molecule has 2 N–H and O–H groups in total. The number of rotatable bonds is 4. The van der Waals surface area contributed by atoms with Crippen molar-refractivity contribution in [3.63, 3.8) is 0 Å². The number of carbonyl (C=O) groups excluding carboxylic acids is 1. The Hall–Kier alpha value is -2.89. The molecule has 1 aliphatic rings. The summed E-state index contributed by atoms with van der Waals surface area (Å²) < 4.78 is 0. The molecular weight excluding hydrogens is 282 g/mol. The summed E-state index contributed by atoms with van der Waals surface area (Å²) in [5.41, 5.74) is 2.86. The van der Waals surface area contributed by atoms with Crippen LogP contribution >= 0.6 is 0 Å². The number of nitrogens with zero attached hydrogens (tertiary/aromatic N) is 2. The zero-order valence-corrected chi connectivity index (χ0v) is 11.8. The van der Waals surface area contributed by atoms with Crippen molar-refractivity contribution < 1.29 is 14.7 Å². The molecular formula is C16H15N3O3. The van der Waals surface area contributed by atoms with Crippen LogP contribution in [0.3, 0.4) is 0 Å². The summed E-state index contributed by atoms with van der Waals surface area (Å²) in [6.07, 6.45) is 2.40. The minimum atomic E-state index is -1.09. The first kappa shape index (κ1) is 14.1. The summed E-state index contributed by atoms with van der Waals surface area (Å²) in [5.74, 6) is -0.241. The summed E-state index contributed by atoms with van der Waals surface area (Å²) in [6.45, 7) is 0.569. The van der Waals surface area contributed by atoms with Crippen molar-refractivity contribution in [1.29, 1.82) is 0 Å². The molecule has 6 heteroatoms. The lowest BCUT2D eigenvalue weighted by atomic mass is 10.0. The normalized spacial score (nSPS) is 16.5. The standard InChI is InChI=1S/C16H15N3O3/c20-15-14(9-18-15)19(16(21)22)10-11-3-5-12(6-4-11)13-2-1-7-17-8-13/h1-8,14H,9-10H2,(H,18,20)(H,21,22)/t14-/m0/s1. The van der Waals surface area contributed by atoms with Crippen LogP contribution in [-0.2, 0) is 11.3 Å². The maximum atomic E-state index is 11.4. The number of carbonyl (C=O) groups is 2. The monoisotopic (exact) mass is 297 g/mol. The van der Waals surface area contributed by atoms with E-state index in [1.54, 1.807) is 12.4 Å². The molecule has 0 saturated carbocycles. The van der Waals surface area contributed by atoms with E-state index < -0.39 is 12.1 Å². The van der Waals surface area contributed by atoms with E-state index in [-0.39, 0.29) is 12.5 Å². The zero-order valence-electron chi connectivity index (χ0n) is 11.8. The number of β-lactam (4-membered cyclic amide) rings is 1. The quantitative estimate of drug-likeness (QED) is 0.842. The molecule has 0 radical (unpaired) electrons. The first-order valence-electron chi connectivity index (χ1n) is 6.92. The molecule has 112 valence electrons. The SMILES string of the molecule is O=C1NC[C@@H]1N(Cc1ccc(-c2cccnc2)cc1)C(=O)O. The van der Waals surface area contributed by atoms with Crippen LogP contribution in [0.4, 0.5) is 4.79 Å². The largest absolute Gasteiger partial charge is 0.465 e. The van der Waals surface area contributed by atoms with Gasteiger partial charge in [0.05, 0.1) is 0 Å². The van der Waals surface area contributed by atoms with Gasteiger partial charge in [-0.3, -0.25) is 14.7 Å². The Balaban J connectivity index is 1.75. The lowest BCUT2D eigenvalue weighted by Crippen LogP contribution is -2.62. The highest BCUT2D eigenvalue weighted by Gasteiger charge is 2.36. The van der Waals surface area contributed by atoms with Gasteiger partial charge in [-0.05, 0) is 22.8 Å². The second-order valence-electron chi connectivity index (χ2n) is 5.11. The third-order valence-corrected chi connectivity index (χ3v) is 3.70. The van der Waals surface area contributed by atoms with Crippen molar-refractivity contribution >= 4 is 12.0 Å². The fourth-order valence-electron chi connectivity index (χ4n) is 2.37. The molecule has 2 aromatic rings. The number of hydrogen-bond acceptors (Lipinski definition) is 3. The van der Waals surface area contributed by atoms with Crippen LogP contribution in [0.15, 0.2) is 48.8 Å². The van der Waals surface area contributed by atoms with Gasteiger partial charge in [-0.1, -0.05) is 30.3 Å². The van der Waals surface area contributed by atoms with Gasteiger partial charge in [0.15, 0.2) is 0 Å². The highest BCUT2D eigenvalue weighted by atomic mass is 16.4. The average molecular weight is 297 g/mol. The molecule has 1 saturated heterocycles. The highest BCUT2D eigenvalue weighted by molar-refractivity contribution is 5.90. The molecule has 0 aliphatic carbocycles. The number of carboxylic acid groups (broad SMARTS) is 1. The van der Waals surface area contributed by atoms with Gasteiger partial charge in [0.25, 0.3) is 0 Å². The Morgan fingerprint density at radius 1 is 1.27 bits per heavy atom. The van der Waals surface area contributed by atoms with E-state index in [0.29, 0.717) is 6.54 Å². The molecule has 22 heavy (non-hydrogen) atoms. The molecule has 2 amide bonds. The van der Waals surface area contributed by atoms with Crippen molar-refractivity contribution in [2.45, 2.75) is 12.6 Å². The van der Waals surface area contributed by atoms with Crippen molar-refractivity contribution in [2.24, 2.45) is 0 Å². The van der Waals surface area contributed by atoms with Gasteiger partial charge in [0.1, 0.15) is 6.04 Å². The molecule has 1 fully saturated rings. The van der Waals surface area contributed by atoms with Crippen LogP contribution in [0, 0.1) is 0 Å². The maximum Gasteiger partial charge on any atom is 0.408 e.